The van der Waals surface area contributed by atoms with Gasteiger partial charge in [-0.3, -0.25) is 9.59 Å². The average molecular weight is 333 g/mol. The number of esters is 1. The van der Waals surface area contributed by atoms with Crippen LogP contribution in [0.2, 0.25) is 0 Å². The molecule has 0 bridgehead atoms. The molecule has 2 rings (SSSR count). The summed E-state index contributed by atoms with van der Waals surface area (Å²) in [7, 11) is 1.29. The summed E-state index contributed by atoms with van der Waals surface area (Å²) in [6.45, 7) is 6.61. The summed E-state index contributed by atoms with van der Waals surface area (Å²) < 4.78 is 4.58. The Morgan fingerprint density at radius 1 is 1.38 bits per heavy atom. The molecule has 1 atom stereocenters. The van der Waals surface area contributed by atoms with Gasteiger partial charge in [0.05, 0.1) is 13.0 Å². The van der Waals surface area contributed by atoms with Crippen molar-refractivity contribution in [2.45, 2.75) is 39.3 Å². The Hall–Kier alpha value is -2.44. The van der Waals surface area contributed by atoms with Crippen molar-refractivity contribution in [3.8, 4) is 0 Å². The van der Waals surface area contributed by atoms with Crippen molar-refractivity contribution in [1.82, 2.24) is 15.2 Å². The number of hydrogen-bond donors (Lipinski definition) is 1. The zero-order valence-corrected chi connectivity index (χ0v) is 14.5. The fourth-order valence-corrected chi connectivity index (χ4v) is 2.62. The first-order valence-corrected chi connectivity index (χ1v) is 7.84. The van der Waals surface area contributed by atoms with E-state index in [1.807, 2.05) is 20.8 Å². The second-order valence-electron chi connectivity index (χ2n) is 6.84. The third-order valence-electron chi connectivity index (χ3n) is 3.99. The molecule has 24 heavy (non-hydrogen) atoms. The van der Waals surface area contributed by atoms with E-state index >= 15 is 0 Å². The van der Waals surface area contributed by atoms with E-state index in [2.05, 4.69) is 15.0 Å². The molecule has 0 aliphatic carbocycles. The molecule has 0 saturated carbocycles. The summed E-state index contributed by atoms with van der Waals surface area (Å²) in [6.07, 6.45) is 1.76. The van der Waals surface area contributed by atoms with Crippen molar-refractivity contribution in [2.24, 2.45) is 5.92 Å². The van der Waals surface area contributed by atoms with Crippen LogP contribution in [0.3, 0.4) is 0 Å². The van der Waals surface area contributed by atoms with Gasteiger partial charge < -0.3 is 15.0 Å². The Labute approximate surface area is 141 Å². The zero-order valence-electron chi connectivity index (χ0n) is 14.5. The lowest BCUT2D eigenvalue weighted by molar-refractivity contribution is -0.132. The molecule has 2 amide bonds. The second-order valence-corrected chi connectivity index (χ2v) is 6.84. The van der Waals surface area contributed by atoms with Gasteiger partial charge in [-0.25, -0.2) is 9.78 Å². The van der Waals surface area contributed by atoms with Crippen molar-refractivity contribution >= 4 is 17.8 Å². The van der Waals surface area contributed by atoms with Gasteiger partial charge in [-0.1, -0.05) is 6.07 Å². The molecule has 1 aromatic rings. The number of amides is 2. The average Bonchev–Trinajstić information content (AvgIpc) is 2.94. The predicted octanol–water partition coefficient (Wildman–Crippen LogP) is 1.13. The first-order valence-electron chi connectivity index (χ1n) is 7.84. The molecule has 1 fully saturated rings. The van der Waals surface area contributed by atoms with Crippen LogP contribution < -0.4 is 5.32 Å². The van der Waals surface area contributed by atoms with Crippen LogP contribution in [0.15, 0.2) is 18.3 Å². The van der Waals surface area contributed by atoms with E-state index in [1.54, 1.807) is 17.0 Å². The number of pyridine rings is 1. The molecule has 0 aromatic carbocycles. The van der Waals surface area contributed by atoms with Crippen LogP contribution in [0.25, 0.3) is 0 Å². The van der Waals surface area contributed by atoms with Gasteiger partial charge in [0.25, 0.3) is 0 Å². The molecule has 1 aromatic heterocycles. The zero-order chi connectivity index (χ0) is 17.9. The third-order valence-corrected chi connectivity index (χ3v) is 3.99. The number of methoxy groups -OCH3 is 1. The minimum absolute atomic E-state index is 0.00625. The number of hydrogen-bond acceptors (Lipinski definition) is 5. The van der Waals surface area contributed by atoms with E-state index in [0.29, 0.717) is 13.1 Å². The van der Waals surface area contributed by atoms with E-state index in [9.17, 15) is 14.4 Å². The van der Waals surface area contributed by atoms with E-state index in [-0.39, 0.29) is 35.4 Å². The van der Waals surface area contributed by atoms with Crippen LogP contribution in [-0.2, 0) is 20.9 Å². The molecule has 0 radical (unpaired) electrons. The smallest absolute Gasteiger partial charge is 0.356 e. The van der Waals surface area contributed by atoms with Gasteiger partial charge in [-0.05, 0) is 32.4 Å². The summed E-state index contributed by atoms with van der Waals surface area (Å²) in [4.78, 5) is 41.4. The Morgan fingerprint density at radius 2 is 2.08 bits per heavy atom. The van der Waals surface area contributed by atoms with E-state index in [1.165, 1.54) is 13.3 Å². The standard InChI is InChI=1S/C17H23N3O4/c1-17(2,3)20-10-12(7-14(20)21)15(22)19-9-11-5-6-13(18-8-11)16(23)24-4/h5-6,8,12H,7,9-10H2,1-4H3,(H,19,22). The van der Waals surface area contributed by atoms with Crippen LogP contribution in [0, 0.1) is 5.92 Å². The summed E-state index contributed by atoms with van der Waals surface area (Å²) in [5, 5.41) is 2.82. The van der Waals surface area contributed by atoms with Crippen LogP contribution >= 0.6 is 0 Å². The number of likely N-dealkylation sites (tertiary alicyclic amines) is 1. The van der Waals surface area contributed by atoms with Crippen LogP contribution in [0.4, 0.5) is 0 Å². The van der Waals surface area contributed by atoms with E-state index in [0.717, 1.165) is 5.56 Å². The van der Waals surface area contributed by atoms with Crippen molar-refractivity contribution in [3.63, 3.8) is 0 Å². The third kappa shape index (κ3) is 4.10. The molecule has 1 aliphatic heterocycles. The molecule has 1 saturated heterocycles. The lowest BCUT2D eigenvalue weighted by atomic mass is 10.1. The minimum Gasteiger partial charge on any atom is -0.464 e. The summed E-state index contributed by atoms with van der Waals surface area (Å²) >= 11 is 0. The van der Waals surface area contributed by atoms with Gasteiger partial charge in [0.15, 0.2) is 0 Å². The van der Waals surface area contributed by atoms with Crippen molar-refractivity contribution in [2.75, 3.05) is 13.7 Å². The van der Waals surface area contributed by atoms with Crippen LogP contribution in [0.1, 0.15) is 43.2 Å². The summed E-state index contributed by atoms with van der Waals surface area (Å²) in [5.74, 6) is -0.977. The molecular weight excluding hydrogens is 310 g/mol. The Morgan fingerprint density at radius 3 is 2.58 bits per heavy atom. The topological polar surface area (TPSA) is 88.6 Å². The Kier molecular flexibility index (Phi) is 5.21. The van der Waals surface area contributed by atoms with E-state index < -0.39 is 5.97 Å². The number of ether oxygens (including phenoxy) is 1. The largest absolute Gasteiger partial charge is 0.464 e. The molecule has 7 heteroatoms. The lowest BCUT2D eigenvalue weighted by Crippen LogP contribution is -2.43. The fourth-order valence-electron chi connectivity index (χ4n) is 2.62. The molecule has 7 nitrogen and oxygen atoms in total. The van der Waals surface area contributed by atoms with Crippen molar-refractivity contribution in [3.05, 3.63) is 29.6 Å². The first kappa shape index (κ1) is 17.9. The van der Waals surface area contributed by atoms with Crippen LogP contribution in [-0.4, -0.2) is 46.9 Å². The highest BCUT2D eigenvalue weighted by Crippen LogP contribution is 2.25. The number of nitrogens with one attached hydrogen (secondary N) is 1. The maximum atomic E-state index is 12.3. The van der Waals surface area contributed by atoms with Crippen molar-refractivity contribution in [1.29, 1.82) is 0 Å². The maximum Gasteiger partial charge on any atom is 0.356 e. The normalized spacial score (nSPS) is 17.8. The highest BCUT2D eigenvalue weighted by molar-refractivity contribution is 5.89. The van der Waals surface area contributed by atoms with Gasteiger partial charge in [0.2, 0.25) is 11.8 Å². The highest BCUT2D eigenvalue weighted by atomic mass is 16.5. The van der Waals surface area contributed by atoms with Gasteiger partial charge in [-0.15, -0.1) is 0 Å². The number of carbonyl (C=O) groups excluding carboxylic acids is 3. The quantitative estimate of drug-likeness (QED) is 0.835. The predicted molar refractivity (Wildman–Crippen MR) is 87.0 cm³/mol. The number of rotatable bonds is 4. The monoisotopic (exact) mass is 333 g/mol. The first-order chi connectivity index (χ1) is 11.2. The molecule has 2 heterocycles. The second kappa shape index (κ2) is 6.98. The lowest BCUT2D eigenvalue weighted by Gasteiger charge is -2.31. The highest BCUT2D eigenvalue weighted by Gasteiger charge is 2.39. The Balaban J connectivity index is 1.90. The maximum absolute atomic E-state index is 12.3. The van der Waals surface area contributed by atoms with Crippen molar-refractivity contribution < 1.29 is 19.1 Å². The SMILES string of the molecule is COC(=O)c1ccc(CNC(=O)C2CC(=O)N(C(C)(C)C)C2)cn1. The Bertz CT molecular complexity index is 634. The fraction of sp³-hybridized carbons (Fsp3) is 0.529. The molecule has 1 aliphatic rings. The number of carbonyl (C=O) groups is 3. The van der Waals surface area contributed by atoms with E-state index in [4.69, 9.17) is 0 Å². The van der Waals surface area contributed by atoms with Gasteiger partial charge in [-0.2, -0.15) is 0 Å². The summed E-state index contributed by atoms with van der Waals surface area (Å²) in [6, 6.07) is 3.26. The van der Waals surface area contributed by atoms with Crippen LogP contribution in [0.5, 0.6) is 0 Å². The van der Waals surface area contributed by atoms with Gasteiger partial charge in [0, 0.05) is 31.2 Å². The minimum atomic E-state index is -0.502. The molecule has 1 N–H and O–H groups in total. The molecule has 1 unspecified atom stereocenters. The number of aromatic nitrogens is 1. The van der Waals surface area contributed by atoms with Gasteiger partial charge >= 0.3 is 5.97 Å². The summed E-state index contributed by atoms with van der Waals surface area (Å²) in [5.41, 5.74) is 0.711. The molecule has 130 valence electrons. The van der Waals surface area contributed by atoms with Gasteiger partial charge in [0.1, 0.15) is 5.69 Å². The number of nitrogens with zero attached hydrogens (tertiary/aromatic N) is 2. The molecule has 0 spiro atoms. The molecular formula is C17H23N3O4.